The molecule has 2 aliphatic carbocycles. The Morgan fingerprint density at radius 2 is 1.58 bits per heavy atom. The highest BCUT2D eigenvalue weighted by atomic mass is 16.1. The first-order valence-electron chi connectivity index (χ1n) is 12.5. The molecule has 0 bridgehead atoms. The second-order valence-electron chi connectivity index (χ2n) is 8.47. The van der Waals surface area contributed by atoms with Gasteiger partial charge in [0.05, 0.1) is 0 Å². The molecule has 0 aliphatic heterocycles. The Morgan fingerprint density at radius 1 is 0.939 bits per heavy atom. The Hall–Kier alpha value is -2.55. The number of hydrogen-bond donors (Lipinski definition) is 0. The SMILES string of the molecule is C=CC[C@H]1C=CC(=O)/C1=C/C=C/CCCCC.CCCCC/C=C/C=O.C[C@H]1C=CC(=O)C1. The molecule has 0 N–H and O–H groups in total. The van der Waals surface area contributed by atoms with Crippen molar-refractivity contribution in [3.05, 3.63) is 72.9 Å². The van der Waals surface area contributed by atoms with E-state index in [0.29, 0.717) is 5.92 Å². The monoisotopic (exact) mass is 452 g/mol. The first kappa shape index (κ1) is 30.4. The van der Waals surface area contributed by atoms with E-state index in [4.69, 9.17) is 0 Å². The van der Waals surface area contributed by atoms with Crippen LogP contribution in [0.3, 0.4) is 0 Å². The molecule has 0 radical (unpaired) electrons. The van der Waals surface area contributed by atoms with Crippen LogP contribution in [-0.2, 0) is 14.4 Å². The molecule has 0 saturated carbocycles. The average Bonchev–Trinajstić information content (AvgIpc) is 3.35. The second kappa shape index (κ2) is 21.3. The summed E-state index contributed by atoms with van der Waals surface area (Å²) >= 11 is 0. The summed E-state index contributed by atoms with van der Waals surface area (Å²) in [7, 11) is 0. The minimum absolute atomic E-state index is 0.148. The van der Waals surface area contributed by atoms with Crippen LogP contribution in [0.2, 0.25) is 0 Å². The normalized spacial score (nSPS) is 20.3. The fourth-order valence-corrected chi connectivity index (χ4v) is 3.35. The van der Waals surface area contributed by atoms with Gasteiger partial charge in [0.2, 0.25) is 0 Å². The van der Waals surface area contributed by atoms with Crippen LogP contribution in [0, 0.1) is 11.8 Å². The summed E-state index contributed by atoms with van der Waals surface area (Å²) in [6.45, 7) is 10.1. The van der Waals surface area contributed by atoms with E-state index in [1.807, 2.05) is 43.4 Å². The van der Waals surface area contributed by atoms with Gasteiger partial charge in [-0.05, 0) is 56.3 Å². The largest absolute Gasteiger partial charge is 0.299 e. The van der Waals surface area contributed by atoms with E-state index in [1.54, 1.807) is 18.2 Å². The Labute approximate surface area is 202 Å². The van der Waals surface area contributed by atoms with Crippen LogP contribution < -0.4 is 0 Å². The van der Waals surface area contributed by atoms with E-state index in [0.717, 1.165) is 37.5 Å². The summed E-state index contributed by atoms with van der Waals surface area (Å²) in [5, 5.41) is 0. The zero-order chi connectivity index (χ0) is 24.7. The Balaban J connectivity index is 0.000000533. The van der Waals surface area contributed by atoms with Crippen LogP contribution in [-0.4, -0.2) is 17.9 Å². The topological polar surface area (TPSA) is 51.2 Å². The van der Waals surface area contributed by atoms with Crippen LogP contribution in [0.4, 0.5) is 0 Å². The van der Waals surface area contributed by atoms with Crippen LogP contribution in [0.5, 0.6) is 0 Å². The number of unbranched alkanes of at least 4 members (excludes halogenated alkanes) is 6. The van der Waals surface area contributed by atoms with Crippen molar-refractivity contribution in [1.82, 2.24) is 0 Å². The van der Waals surface area contributed by atoms with Gasteiger partial charge in [0.1, 0.15) is 6.29 Å². The van der Waals surface area contributed by atoms with E-state index in [2.05, 4.69) is 26.5 Å². The lowest BCUT2D eigenvalue weighted by Gasteiger charge is -2.05. The highest BCUT2D eigenvalue weighted by Crippen LogP contribution is 2.25. The number of allylic oxidation sites excluding steroid dienone is 11. The number of ketones is 2. The number of hydrogen-bond acceptors (Lipinski definition) is 3. The van der Waals surface area contributed by atoms with Crippen molar-refractivity contribution >= 4 is 17.9 Å². The van der Waals surface area contributed by atoms with E-state index in [-0.39, 0.29) is 17.5 Å². The predicted molar refractivity (Wildman–Crippen MR) is 141 cm³/mol. The molecule has 2 atom stereocenters. The standard InChI is InChI=1S/C16H22O.C8H14O.C6H8O/c1-3-5-6-7-8-9-11-15-14(10-4-2)12-13-16(15)17;1-2-3-4-5-6-7-8-9;1-5-2-3-6(7)4-5/h4,8-9,11-14H,2-3,5-7,10H2,1H3;6-8H,2-5H2,1H3;2-3,5H,4H2,1H3/b9-8+,15-11+;7-6+;/t14-;;5-/m0.0/s1. The van der Waals surface area contributed by atoms with Crippen LogP contribution >= 0.6 is 0 Å². The van der Waals surface area contributed by atoms with Crippen LogP contribution in [0.25, 0.3) is 0 Å². The van der Waals surface area contributed by atoms with Crippen LogP contribution in [0.1, 0.15) is 85.0 Å². The second-order valence-corrected chi connectivity index (χ2v) is 8.47. The van der Waals surface area contributed by atoms with Gasteiger partial charge in [0, 0.05) is 17.9 Å². The van der Waals surface area contributed by atoms with Gasteiger partial charge in [-0.2, -0.15) is 0 Å². The third-order valence-corrected chi connectivity index (χ3v) is 5.29. The minimum Gasteiger partial charge on any atom is -0.299 e. The number of aldehydes is 1. The third-order valence-electron chi connectivity index (χ3n) is 5.29. The summed E-state index contributed by atoms with van der Waals surface area (Å²) in [4.78, 5) is 31.7. The first-order valence-corrected chi connectivity index (χ1v) is 12.5. The Bertz CT molecular complexity index is 719. The molecule has 0 aromatic rings. The molecule has 0 saturated heterocycles. The zero-order valence-corrected chi connectivity index (χ0v) is 21.0. The van der Waals surface area contributed by atoms with Crippen LogP contribution in [0.15, 0.2) is 72.9 Å². The molecule has 0 aromatic heterocycles. The van der Waals surface area contributed by atoms with Gasteiger partial charge < -0.3 is 0 Å². The molecule has 0 amide bonds. The maximum atomic E-state index is 11.6. The number of carbonyl (C=O) groups excluding carboxylic acids is 3. The molecular formula is C30H44O3. The quantitative estimate of drug-likeness (QED) is 0.131. The zero-order valence-electron chi connectivity index (χ0n) is 21.0. The molecule has 0 fully saturated rings. The summed E-state index contributed by atoms with van der Waals surface area (Å²) in [6.07, 6.45) is 30.8. The highest BCUT2D eigenvalue weighted by Gasteiger charge is 2.20. The first-order chi connectivity index (χ1) is 16.0. The van der Waals surface area contributed by atoms with Gasteiger partial charge >= 0.3 is 0 Å². The summed E-state index contributed by atoms with van der Waals surface area (Å²) in [5.41, 5.74) is 0.900. The van der Waals surface area contributed by atoms with Gasteiger partial charge in [-0.15, -0.1) is 6.58 Å². The van der Waals surface area contributed by atoms with Crippen molar-refractivity contribution in [3.8, 4) is 0 Å². The minimum atomic E-state index is 0.148. The predicted octanol–water partition coefficient (Wildman–Crippen LogP) is 7.85. The fourth-order valence-electron chi connectivity index (χ4n) is 3.35. The van der Waals surface area contributed by atoms with Crippen molar-refractivity contribution in [3.63, 3.8) is 0 Å². The lowest BCUT2D eigenvalue weighted by atomic mass is 9.98. The fraction of sp³-hybridized carbons (Fsp3) is 0.500. The Morgan fingerprint density at radius 3 is 2.03 bits per heavy atom. The van der Waals surface area contributed by atoms with Gasteiger partial charge in [-0.25, -0.2) is 0 Å². The molecule has 3 nitrogen and oxygen atoms in total. The van der Waals surface area contributed by atoms with Crippen molar-refractivity contribution < 1.29 is 14.4 Å². The molecule has 0 unspecified atom stereocenters. The van der Waals surface area contributed by atoms with Crippen molar-refractivity contribution in [2.24, 2.45) is 11.8 Å². The lowest BCUT2D eigenvalue weighted by molar-refractivity contribution is -0.114. The summed E-state index contributed by atoms with van der Waals surface area (Å²) in [5.74, 6) is 1.15. The molecule has 3 heteroatoms. The molecule has 2 aliphatic rings. The molecule has 33 heavy (non-hydrogen) atoms. The van der Waals surface area contributed by atoms with E-state index < -0.39 is 0 Å². The molecule has 0 spiro atoms. The average molecular weight is 453 g/mol. The lowest BCUT2D eigenvalue weighted by Crippen LogP contribution is -2.01. The van der Waals surface area contributed by atoms with E-state index >= 15 is 0 Å². The third kappa shape index (κ3) is 16.7. The maximum absolute atomic E-state index is 11.6. The van der Waals surface area contributed by atoms with Crippen molar-refractivity contribution in [2.45, 2.75) is 85.0 Å². The summed E-state index contributed by atoms with van der Waals surface area (Å²) in [6, 6.07) is 0. The number of carbonyl (C=O) groups is 3. The smallest absolute Gasteiger partial charge is 0.182 e. The molecule has 182 valence electrons. The van der Waals surface area contributed by atoms with Gasteiger partial charge in [0.15, 0.2) is 11.6 Å². The molecule has 0 aromatic carbocycles. The highest BCUT2D eigenvalue weighted by molar-refractivity contribution is 6.07. The van der Waals surface area contributed by atoms with Gasteiger partial charge in [-0.1, -0.05) is 89.0 Å². The van der Waals surface area contributed by atoms with Gasteiger partial charge in [0.25, 0.3) is 0 Å². The number of rotatable bonds is 12. The van der Waals surface area contributed by atoms with Crippen molar-refractivity contribution in [1.29, 1.82) is 0 Å². The van der Waals surface area contributed by atoms with E-state index in [1.165, 1.54) is 38.5 Å². The Kier molecular flexibility index (Phi) is 19.7. The van der Waals surface area contributed by atoms with Crippen molar-refractivity contribution in [2.75, 3.05) is 0 Å². The van der Waals surface area contributed by atoms with E-state index in [9.17, 15) is 14.4 Å². The van der Waals surface area contributed by atoms with Gasteiger partial charge in [-0.3, -0.25) is 14.4 Å². The maximum Gasteiger partial charge on any atom is 0.182 e. The molecule has 2 rings (SSSR count). The summed E-state index contributed by atoms with van der Waals surface area (Å²) < 4.78 is 0. The molecular weight excluding hydrogens is 408 g/mol. The molecule has 0 heterocycles.